The van der Waals surface area contributed by atoms with Crippen LogP contribution in [0.1, 0.15) is 20.3 Å². The molecule has 0 bridgehead atoms. The molecule has 2 rings (SSSR count). The van der Waals surface area contributed by atoms with Crippen molar-refractivity contribution in [1.82, 2.24) is 0 Å². The number of hydrogen-bond acceptors (Lipinski definition) is 10. The lowest BCUT2D eigenvalue weighted by atomic mass is 9.90. The topological polar surface area (TPSA) is 140 Å². The lowest BCUT2D eigenvalue weighted by Crippen LogP contribution is -2.61. The third-order valence-electron chi connectivity index (χ3n) is 4.55. The fraction of sp³-hybridized carbons (Fsp3) is 0.941. The maximum atomic E-state index is 12.4. The molecule has 29 heavy (non-hydrogen) atoms. The van der Waals surface area contributed by atoms with Gasteiger partial charge in [0.25, 0.3) is 0 Å². The summed E-state index contributed by atoms with van der Waals surface area (Å²) in [5, 5.41) is 3.87. The smallest absolute Gasteiger partial charge is 0.335 e. The predicted molar refractivity (Wildman–Crippen MR) is 96.6 cm³/mol. The van der Waals surface area contributed by atoms with Crippen molar-refractivity contribution >= 4 is 5.97 Å². The highest BCUT2D eigenvalue weighted by Crippen LogP contribution is 2.33. The van der Waals surface area contributed by atoms with Gasteiger partial charge in [0.2, 0.25) is 0 Å². The average Bonchev–Trinajstić information content (AvgIpc) is 2.72. The Morgan fingerprint density at radius 2 is 1.83 bits per heavy atom. The van der Waals surface area contributed by atoms with E-state index < -0.39 is 48.8 Å². The molecular weight excluding hydrogens is 390 g/mol. The summed E-state index contributed by atoms with van der Waals surface area (Å²) in [5.41, 5.74) is 9.10. The summed E-state index contributed by atoms with van der Waals surface area (Å²) in [6, 6.07) is -0.787. The molecule has 2 saturated heterocycles. The number of ether oxygens (including phenoxy) is 8. The van der Waals surface area contributed by atoms with Gasteiger partial charge in [-0.3, -0.25) is 0 Å². The number of rotatable bonds is 10. The molecule has 2 aliphatic heterocycles. The third kappa shape index (κ3) is 6.49. The molecule has 2 fully saturated rings. The first-order chi connectivity index (χ1) is 14.0. The molecule has 0 N–H and O–H groups in total. The zero-order valence-electron chi connectivity index (χ0n) is 17.1. The molecule has 0 aliphatic carbocycles. The van der Waals surface area contributed by atoms with Crippen LogP contribution in [0.5, 0.6) is 0 Å². The highest BCUT2D eigenvalue weighted by Gasteiger charge is 2.50. The van der Waals surface area contributed by atoms with E-state index in [2.05, 4.69) is 10.0 Å². The van der Waals surface area contributed by atoms with Gasteiger partial charge in [-0.1, -0.05) is 5.11 Å². The lowest BCUT2D eigenvalue weighted by molar-refractivity contribution is -0.301. The Bertz CT molecular complexity index is 558. The first kappa shape index (κ1) is 23.8. The molecular formula is C17H29N3O9. The maximum Gasteiger partial charge on any atom is 0.335 e. The third-order valence-corrected chi connectivity index (χ3v) is 4.55. The predicted octanol–water partition coefficient (Wildman–Crippen LogP) is 1.13. The molecule has 0 radical (unpaired) electrons. The number of carbonyl (C=O) groups excluding carboxylic acids is 1. The second kappa shape index (κ2) is 12.3. The van der Waals surface area contributed by atoms with Crippen molar-refractivity contribution in [3.05, 3.63) is 10.4 Å². The summed E-state index contributed by atoms with van der Waals surface area (Å²) in [7, 11) is 2.97. The number of azide groups is 1. The van der Waals surface area contributed by atoms with Crippen LogP contribution in [-0.4, -0.2) is 89.8 Å². The van der Waals surface area contributed by atoms with Crippen molar-refractivity contribution in [2.45, 2.75) is 63.1 Å². The Balaban J connectivity index is 2.31. The SMILES string of the molecule is CCOC(=O)[C@@H]1C[C@H](OCOC)[C@@H](N=[N+]=[N-])[C@H]([C@@H]2O[C@H](C)OC[C@H]2OCOC)O1. The van der Waals surface area contributed by atoms with Gasteiger partial charge < -0.3 is 37.9 Å². The van der Waals surface area contributed by atoms with Crippen LogP contribution >= 0.6 is 0 Å². The second-order valence-corrected chi connectivity index (χ2v) is 6.50. The van der Waals surface area contributed by atoms with Gasteiger partial charge >= 0.3 is 5.97 Å². The quantitative estimate of drug-likeness (QED) is 0.167. The van der Waals surface area contributed by atoms with Crippen molar-refractivity contribution in [1.29, 1.82) is 0 Å². The lowest BCUT2D eigenvalue weighted by Gasteiger charge is -2.45. The Morgan fingerprint density at radius 3 is 2.45 bits per heavy atom. The van der Waals surface area contributed by atoms with Crippen LogP contribution in [0.4, 0.5) is 0 Å². The van der Waals surface area contributed by atoms with E-state index >= 15 is 0 Å². The number of carbonyl (C=O) groups is 1. The number of nitrogens with zero attached hydrogens (tertiary/aromatic N) is 3. The van der Waals surface area contributed by atoms with E-state index in [4.69, 9.17) is 43.4 Å². The summed E-state index contributed by atoms with van der Waals surface area (Å²) in [6.07, 6.45) is -4.08. The van der Waals surface area contributed by atoms with E-state index in [9.17, 15) is 4.79 Å². The zero-order chi connectivity index (χ0) is 21.2. The Hall–Kier alpha value is -1.50. The number of methoxy groups -OCH3 is 2. The van der Waals surface area contributed by atoms with E-state index in [1.54, 1.807) is 13.8 Å². The van der Waals surface area contributed by atoms with E-state index in [1.807, 2.05) is 0 Å². The normalized spacial score (nSPS) is 35.0. The van der Waals surface area contributed by atoms with Gasteiger partial charge in [0.15, 0.2) is 12.4 Å². The van der Waals surface area contributed by atoms with Crippen LogP contribution in [0.2, 0.25) is 0 Å². The molecule has 0 spiro atoms. The van der Waals surface area contributed by atoms with Gasteiger partial charge in [-0.25, -0.2) is 4.79 Å². The fourth-order valence-electron chi connectivity index (χ4n) is 3.33. The Morgan fingerprint density at radius 1 is 1.14 bits per heavy atom. The molecule has 0 amide bonds. The van der Waals surface area contributed by atoms with E-state index in [0.717, 1.165) is 0 Å². The minimum atomic E-state index is -0.920. The van der Waals surface area contributed by atoms with Gasteiger partial charge in [-0.05, 0) is 19.4 Å². The van der Waals surface area contributed by atoms with Crippen LogP contribution in [0, 0.1) is 0 Å². The second-order valence-electron chi connectivity index (χ2n) is 6.50. The average molecular weight is 419 g/mol. The van der Waals surface area contributed by atoms with Crippen LogP contribution in [0.25, 0.3) is 10.4 Å². The van der Waals surface area contributed by atoms with E-state index in [0.29, 0.717) is 0 Å². The molecule has 12 heteroatoms. The van der Waals surface area contributed by atoms with Gasteiger partial charge in [0, 0.05) is 25.6 Å². The Kier molecular flexibility index (Phi) is 10.0. The summed E-state index contributed by atoms with van der Waals surface area (Å²) >= 11 is 0. The summed E-state index contributed by atoms with van der Waals surface area (Å²) in [5.74, 6) is -0.530. The Labute approximate surface area is 169 Å². The van der Waals surface area contributed by atoms with Crippen LogP contribution in [0.3, 0.4) is 0 Å². The van der Waals surface area contributed by atoms with Crippen molar-refractivity contribution in [2.75, 3.05) is 41.0 Å². The number of esters is 1. The highest BCUT2D eigenvalue weighted by atomic mass is 16.7. The molecule has 12 nitrogen and oxygen atoms in total. The molecule has 166 valence electrons. The van der Waals surface area contributed by atoms with Crippen molar-refractivity contribution in [3.8, 4) is 0 Å². The first-order valence-corrected chi connectivity index (χ1v) is 9.40. The fourth-order valence-corrected chi connectivity index (χ4v) is 3.33. The van der Waals surface area contributed by atoms with E-state index in [-0.39, 0.29) is 33.2 Å². The highest BCUT2D eigenvalue weighted by molar-refractivity contribution is 5.75. The summed E-state index contributed by atoms with van der Waals surface area (Å²) in [6.45, 7) is 3.82. The van der Waals surface area contributed by atoms with Gasteiger partial charge in [0.05, 0.1) is 31.5 Å². The van der Waals surface area contributed by atoms with E-state index in [1.165, 1.54) is 14.2 Å². The van der Waals surface area contributed by atoms with Gasteiger partial charge in [-0.15, -0.1) is 0 Å². The molecule has 0 aromatic carbocycles. The minimum absolute atomic E-state index is 0.00603. The molecule has 0 aromatic rings. The van der Waals surface area contributed by atoms with Crippen LogP contribution in [-0.2, 0) is 42.7 Å². The van der Waals surface area contributed by atoms with Crippen LogP contribution in [0.15, 0.2) is 5.11 Å². The summed E-state index contributed by atoms with van der Waals surface area (Å²) in [4.78, 5) is 15.3. The first-order valence-electron chi connectivity index (χ1n) is 9.40. The van der Waals surface area contributed by atoms with Gasteiger partial charge in [-0.2, -0.15) is 0 Å². The standard InChI is InChI=1S/C17H29N3O9/c1-5-24-17(21)12-6-11(26-8-22-3)14(19-20-18)16(29-12)15-13(27-9-23-4)7-25-10(2)28-15/h10-16H,5-9H2,1-4H3/t10-,11+,12+,13-,14-,15-,16-/m1/s1. The molecule has 0 aromatic heterocycles. The molecule has 2 heterocycles. The van der Waals surface area contributed by atoms with Crippen LogP contribution < -0.4 is 0 Å². The van der Waals surface area contributed by atoms with Gasteiger partial charge in [0.1, 0.15) is 25.8 Å². The van der Waals surface area contributed by atoms with Crippen molar-refractivity contribution in [2.24, 2.45) is 5.11 Å². The largest absolute Gasteiger partial charge is 0.464 e. The van der Waals surface area contributed by atoms with Crippen molar-refractivity contribution < 1.29 is 42.7 Å². The molecule has 0 saturated carbocycles. The minimum Gasteiger partial charge on any atom is -0.464 e. The molecule has 0 unspecified atom stereocenters. The number of hydrogen-bond donors (Lipinski definition) is 0. The summed E-state index contributed by atoms with van der Waals surface area (Å²) < 4.78 is 43.8. The molecule has 7 atom stereocenters. The van der Waals surface area contributed by atoms with Crippen molar-refractivity contribution in [3.63, 3.8) is 0 Å². The zero-order valence-corrected chi connectivity index (χ0v) is 17.1. The maximum absolute atomic E-state index is 12.4. The monoisotopic (exact) mass is 419 g/mol. The molecule has 2 aliphatic rings.